The molecule has 2 saturated carbocycles. The van der Waals surface area contributed by atoms with Crippen molar-refractivity contribution in [3.8, 4) is 0 Å². The highest BCUT2D eigenvalue weighted by Crippen LogP contribution is 2.75. The highest BCUT2D eigenvalue weighted by atomic mass is 79.9. The first-order valence-electron chi connectivity index (χ1n) is 6.64. The molecule has 0 atom stereocenters. The van der Waals surface area contributed by atoms with E-state index < -0.39 is 0 Å². The maximum Gasteiger partial charge on any atom is 0.226 e. The first kappa shape index (κ1) is 11.5. The first-order valence-corrected chi connectivity index (χ1v) is 7.44. The maximum atomic E-state index is 11.9. The van der Waals surface area contributed by atoms with E-state index in [1.54, 1.807) is 0 Å². The van der Waals surface area contributed by atoms with Crippen LogP contribution in [0, 0.1) is 18.3 Å². The summed E-state index contributed by atoms with van der Waals surface area (Å²) in [6.07, 6.45) is 2.22. The summed E-state index contributed by atoms with van der Waals surface area (Å²) >= 11 is 3.51. The Morgan fingerprint density at radius 3 is 2.89 bits per heavy atom. The van der Waals surface area contributed by atoms with E-state index in [2.05, 4.69) is 51.4 Å². The number of carbonyl (C=O) groups excluding carboxylic acids is 1. The lowest BCUT2D eigenvalue weighted by Gasteiger charge is -2.05. The van der Waals surface area contributed by atoms with E-state index in [-0.39, 0.29) is 11.3 Å². The summed E-state index contributed by atoms with van der Waals surface area (Å²) in [5.74, 6) is 0.947. The Morgan fingerprint density at radius 1 is 1.47 bits per heavy atom. The third-order valence-corrected chi connectivity index (χ3v) is 4.98. The number of halogens is 1. The monoisotopic (exact) mass is 318 g/mol. The van der Waals surface area contributed by atoms with Gasteiger partial charge in [-0.3, -0.25) is 4.79 Å². The molecule has 0 unspecified atom stereocenters. The Balaban J connectivity index is 1.54. The molecule has 2 aliphatic rings. The molecule has 0 radical (unpaired) electrons. The fraction of sp³-hybridized carbons (Fsp3) is 0.400. The van der Waals surface area contributed by atoms with Gasteiger partial charge in [0.15, 0.2) is 0 Å². The second-order valence-electron chi connectivity index (χ2n) is 5.93. The fourth-order valence-corrected chi connectivity index (χ4v) is 3.55. The van der Waals surface area contributed by atoms with Gasteiger partial charge in [0.2, 0.25) is 5.91 Å². The predicted molar refractivity (Wildman–Crippen MR) is 77.7 cm³/mol. The molecule has 1 aromatic heterocycles. The van der Waals surface area contributed by atoms with E-state index in [0.29, 0.717) is 12.5 Å². The highest BCUT2D eigenvalue weighted by Gasteiger charge is 2.74. The van der Waals surface area contributed by atoms with Crippen LogP contribution < -0.4 is 5.32 Å². The third kappa shape index (κ3) is 1.73. The van der Waals surface area contributed by atoms with Crippen molar-refractivity contribution in [1.82, 2.24) is 10.3 Å². The Hall–Kier alpha value is -1.29. The van der Waals surface area contributed by atoms with Crippen LogP contribution in [0.2, 0.25) is 0 Å². The van der Waals surface area contributed by atoms with Crippen LogP contribution in [-0.4, -0.2) is 10.9 Å². The molecule has 98 valence electrons. The number of hydrogen-bond acceptors (Lipinski definition) is 1. The van der Waals surface area contributed by atoms with Gasteiger partial charge in [0.05, 0.1) is 12.0 Å². The normalized spacial score (nSPS) is 27.2. The number of nitrogens with one attached hydrogen (secondary N) is 2. The van der Waals surface area contributed by atoms with Crippen LogP contribution >= 0.6 is 15.9 Å². The summed E-state index contributed by atoms with van der Waals surface area (Å²) in [5.41, 5.74) is 3.50. The van der Waals surface area contributed by atoms with Gasteiger partial charge in [-0.15, -0.1) is 0 Å². The molecule has 19 heavy (non-hydrogen) atoms. The smallest absolute Gasteiger partial charge is 0.226 e. The molecular weight excluding hydrogens is 304 g/mol. The second kappa shape index (κ2) is 3.63. The molecule has 4 heteroatoms. The molecular formula is C15H15BrN2O. The van der Waals surface area contributed by atoms with Crippen LogP contribution in [0.1, 0.15) is 24.1 Å². The van der Waals surface area contributed by atoms with Crippen LogP contribution in [-0.2, 0) is 11.3 Å². The topological polar surface area (TPSA) is 44.9 Å². The minimum atomic E-state index is 0.0605. The van der Waals surface area contributed by atoms with E-state index in [0.717, 1.165) is 28.5 Å². The van der Waals surface area contributed by atoms with Gasteiger partial charge in [-0.05, 0) is 49.4 Å². The molecule has 2 N–H and O–H groups in total. The van der Waals surface area contributed by atoms with E-state index in [1.165, 1.54) is 10.9 Å². The van der Waals surface area contributed by atoms with Crippen LogP contribution in [0.3, 0.4) is 0 Å². The SMILES string of the molecule is Cc1cc(Br)cc2cc(CNC(=O)C34CC3C4)[nH]c12. The number of hydrogen-bond donors (Lipinski definition) is 2. The number of H-pyrrole nitrogens is 1. The summed E-state index contributed by atoms with van der Waals surface area (Å²) in [5, 5.41) is 4.24. The molecule has 0 saturated heterocycles. The predicted octanol–water partition coefficient (Wildman–Crippen LogP) is 3.27. The molecule has 2 aliphatic carbocycles. The van der Waals surface area contributed by atoms with Crippen molar-refractivity contribution in [2.45, 2.75) is 26.3 Å². The number of amides is 1. The molecule has 0 bridgehead atoms. The van der Waals surface area contributed by atoms with E-state index in [9.17, 15) is 4.79 Å². The molecule has 1 heterocycles. The second-order valence-corrected chi connectivity index (χ2v) is 6.84. The number of fused-ring (bicyclic) bond motifs is 2. The standard InChI is InChI=1S/C15H15BrN2O/c1-8-2-11(16)3-9-4-12(18-13(8)9)7-17-14(19)15-5-10(15)6-15/h2-4,10,18H,5-7H2,1H3,(H,17,19). The lowest BCUT2D eigenvalue weighted by atomic mass is 10.2. The van der Waals surface area contributed by atoms with Crippen LogP contribution in [0.4, 0.5) is 0 Å². The molecule has 2 aromatic rings. The Bertz CT molecular complexity index is 697. The van der Waals surface area contributed by atoms with Gasteiger partial charge < -0.3 is 10.3 Å². The van der Waals surface area contributed by atoms with Gasteiger partial charge in [-0.2, -0.15) is 0 Å². The van der Waals surface area contributed by atoms with E-state index >= 15 is 0 Å². The van der Waals surface area contributed by atoms with Gasteiger partial charge in [0.25, 0.3) is 0 Å². The maximum absolute atomic E-state index is 11.9. The van der Waals surface area contributed by atoms with Crippen LogP contribution in [0.15, 0.2) is 22.7 Å². The zero-order chi connectivity index (χ0) is 13.2. The van der Waals surface area contributed by atoms with Crippen molar-refractivity contribution < 1.29 is 4.79 Å². The number of aromatic amines is 1. The van der Waals surface area contributed by atoms with E-state index in [1.807, 2.05) is 0 Å². The van der Waals surface area contributed by atoms with Crippen molar-refractivity contribution in [3.05, 3.63) is 33.9 Å². The number of rotatable bonds is 3. The van der Waals surface area contributed by atoms with Gasteiger partial charge in [-0.25, -0.2) is 0 Å². The zero-order valence-electron chi connectivity index (χ0n) is 10.7. The molecule has 1 aromatic carbocycles. The lowest BCUT2D eigenvalue weighted by molar-refractivity contribution is -0.124. The largest absolute Gasteiger partial charge is 0.357 e. The molecule has 1 amide bonds. The summed E-state index contributed by atoms with van der Waals surface area (Å²) < 4.78 is 1.09. The summed E-state index contributed by atoms with van der Waals surface area (Å²) in [6, 6.07) is 6.31. The summed E-state index contributed by atoms with van der Waals surface area (Å²) in [4.78, 5) is 15.3. The Kier molecular flexibility index (Phi) is 2.20. The average molecular weight is 319 g/mol. The number of carbonyl (C=O) groups is 1. The van der Waals surface area contributed by atoms with Crippen molar-refractivity contribution in [2.24, 2.45) is 11.3 Å². The van der Waals surface area contributed by atoms with Gasteiger partial charge >= 0.3 is 0 Å². The third-order valence-electron chi connectivity index (χ3n) is 4.52. The molecule has 4 rings (SSSR count). The van der Waals surface area contributed by atoms with Gasteiger partial charge in [-0.1, -0.05) is 15.9 Å². The minimum Gasteiger partial charge on any atom is -0.357 e. The fourth-order valence-electron chi connectivity index (χ4n) is 2.96. The lowest BCUT2D eigenvalue weighted by Crippen LogP contribution is -2.27. The van der Waals surface area contributed by atoms with Gasteiger partial charge in [0, 0.05) is 21.1 Å². The van der Waals surface area contributed by atoms with Crippen molar-refractivity contribution >= 4 is 32.7 Å². The Morgan fingerprint density at radius 2 is 2.21 bits per heavy atom. The van der Waals surface area contributed by atoms with Crippen molar-refractivity contribution in [1.29, 1.82) is 0 Å². The number of aromatic nitrogens is 1. The van der Waals surface area contributed by atoms with Crippen LogP contribution in [0.5, 0.6) is 0 Å². The molecule has 0 spiro atoms. The quantitative estimate of drug-likeness (QED) is 0.896. The average Bonchev–Trinajstić information content (AvgIpc) is 3.15. The Labute approximate surface area is 119 Å². The first-order chi connectivity index (χ1) is 9.08. The van der Waals surface area contributed by atoms with Crippen molar-refractivity contribution in [2.75, 3.05) is 0 Å². The van der Waals surface area contributed by atoms with Crippen LogP contribution in [0.25, 0.3) is 10.9 Å². The number of aryl methyl sites for hydroxylation is 1. The highest BCUT2D eigenvalue weighted by molar-refractivity contribution is 9.10. The van der Waals surface area contributed by atoms with Crippen molar-refractivity contribution in [3.63, 3.8) is 0 Å². The summed E-state index contributed by atoms with van der Waals surface area (Å²) in [7, 11) is 0. The molecule has 0 aliphatic heterocycles. The number of benzene rings is 1. The zero-order valence-corrected chi connectivity index (χ0v) is 12.3. The molecule has 2 fully saturated rings. The van der Waals surface area contributed by atoms with Gasteiger partial charge in [0.1, 0.15) is 0 Å². The summed E-state index contributed by atoms with van der Waals surface area (Å²) in [6.45, 7) is 2.68. The molecule has 3 nitrogen and oxygen atoms in total. The minimum absolute atomic E-state index is 0.0605. The van der Waals surface area contributed by atoms with E-state index in [4.69, 9.17) is 0 Å².